The number of hydrogen-bond acceptors (Lipinski definition) is 4. The summed E-state index contributed by atoms with van der Waals surface area (Å²) in [6, 6.07) is 1.39. The quantitative estimate of drug-likeness (QED) is 0.758. The van der Waals surface area contributed by atoms with Crippen molar-refractivity contribution >= 4 is 11.9 Å². The van der Waals surface area contributed by atoms with Crippen LogP contribution in [0.3, 0.4) is 0 Å². The fourth-order valence-corrected chi connectivity index (χ4v) is 1.26. The lowest BCUT2D eigenvalue weighted by atomic mass is 10.2. The van der Waals surface area contributed by atoms with Crippen molar-refractivity contribution in [2.45, 2.75) is 13.5 Å². The third-order valence-electron chi connectivity index (χ3n) is 2.44. The third kappa shape index (κ3) is 3.60. The molecule has 0 aliphatic heterocycles. The monoisotopic (exact) mass is 240 g/mol. The van der Waals surface area contributed by atoms with Crippen molar-refractivity contribution < 1.29 is 19.1 Å². The lowest BCUT2D eigenvalue weighted by molar-refractivity contribution is -0.128. The van der Waals surface area contributed by atoms with E-state index in [0.29, 0.717) is 12.3 Å². The van der Waals surface area contributed by atoms with Crippen LogP contribution in [0.15, 0.2) is 16.7 Å². The fourth-order valence-electron chi connectivity index (χ4n) is 1.26. The van der Waals surface area contributed by atoms with E-state index in [0.717, 1.165) is 0 Å². The van der Waals surface area contributed by atoms with Gasteiger partial charge in [0.25, 0.3) is 0 Å². The molecular formula is C11H16N2O4. The number of aromatic carboxylic acids is 1. The van der Waals surface area contributed by atoms with Gasteiger partial charge in [-0.2, -0.15) is 0 Å². The lowest BCUT2D eigenvalue weighted by Crippen LogP contribution is -2.35. The van der Waals surface area contributed by atoms with Crippen LogP contribution in [0.2, 0.25) is 0 Å². The number of furan rings is 1. The number of carboxylic acid groups (broad SMARTS) is 1. The SMILES string of the molecule is CCN(C)C(=O)CNCc1occc1C(=O)O. The molecule has 6 heteroatoms. The molecule has 1 amide bonds. The zero-order valence-corrected chi connectivity index (χ0v) is 9.90. The first-order chi connectivity index (χ1) is 8.06. The maximum Gasteiger partial charge on any atom is 0.339 e. The number of carbonyl (C=O) groups excluding carboxylic acids is 1. The van der Waals surface area contributed by atoms with Crippen molar-refractivity contribution in [2.24, 2.45) is 0 Å². The first-order valence-electron chi connectivity index (χ1n) is 5.30. The molecule has 0 atom stereocenters. The molecule has 0 unspecified atom stereocenters. The molecule has 0 aliphatic carbocycles. The summed E-state index contributed by atoms with van der Waals surface area (Å²) in [5, 5.41) is 11.7. The Kier molecular flexibility index (Phi) is 4.71. The molecule has 0 bridgehead atoms. The second kappa shape index (κ2) is 6.05. The largest absolute Gasteiger partial charge is 0.478 e. The molecule has 0 aliphatic rings. The Labute approximate surface area is 99.2 Å². The van der Waals surface area contributed by atoms with Gasteiger partial charge in [0.2, 0.25) is 5.91 Å². The van der Waals surface area contributed by atoms with Crippen LogP contribution in [0.4, 0.5) is 0 Å². The number of nitrogens with one attached hydrogen (secondary N) is 1. The highest BCUT2D eigenvalue weighted by Crippen LogP contribution is 2.09. The molecule has 0 spiro atoms. The highest BCUT2D eigenvalue weighted by atomic mass is 16.4. The van der Waals surface area contributed by atoms with Crippen molar-refractivity contribution in [1.29, 1.82) is 0 Å². The van der Waals surface area contributed by atoms with Gasteiger partial charge in [0.05, 0.1) is 19.4 Å². The van der Waals surface area contributed by atoms with Crippen LogP contribution < -0.4 is 5.32 Å². The second-order valence-electron chi connectivity index (χ2n) is 3.57. The van der Waals surface area contributed by atoms with Gasteiger partial charge in [-0.05, 0) is 13.0 Å². The highest BCUT2D eigenvalue weighted by molar-refractivity contribution is 5.88. The number of rotatable bonds is 6. The average Bonchev–Trinajstić information content (AvgIpc) is 2.76. The minimum absolute atomic E-state index is 0.0454. The fraction of sp³-hybridized carbons (Fsp3) is 0.455. The van der Waals surface area contributed by atoms with Crippen LogP contribution in [0.5, 0.6) is 0 Å². The van der Waals surface area contributed by atoms with Gasteiger partial charge in [-0.15, -0.1) is 0 Å². The van der Waals surface area contributed by atoms with Gasteiger partial charge >= 0.3 is 5.97 Å². The van der Waals surface area contributed by atoms with Crippen LogP contribution in [0, 0.1) is 0 Å². The number of carbonyl (C=O) groups is 2. The van der Waals surface area contributed by atoms with Crippen molar-refractivity contribution in [1.82, 2.24) is 10.2 Å². The van der Waals surface area contributed by atoms with E-state index in [9.17, 15) is 9.59 Å². The molecule has 1 aromatic heterocycles. The van der Waals surface area contributed by atoms with Crippen LogP contribution in [-0.4, -0.2) is 42.0 Å². The minimum atomic E-state index is -1.03. The van der Waals surface area contributed by atoms with Crippen LogP contribution in [0.25, 0.3) is 0 Å². The van der Waals surface area contributed by atoms with Gasteiger partial charge in [-0.25, -0.2) is 4.79 Å². The Hall–Kier alpha value is -1.82. The summed E-state index contributed by atoms with van der Waals surface area (Å²) in [6.07, 6.45) is 1.32. The molecule has 1 aromatic rings. The summed E-state index contributed by atoms with van der Waals surface area (Å²) in [6.45, 7) is 2.90. The highest BCUT2D eigenvalue weighted by Gasteiger charge is 2.13. The molecule has 2 N–H and O–H groups in total. The molecular weight excluding hydrogens is 224 g/mol. The first kappa shape index (κ1) is 13.2. The molecule has 0 saturated carbocycles. The molecule has 0 radical (unpaired) electrons. The second-order valence-corrected chi connectivity index (χ2v) is 3.57. The summed E-state index contributed by atoms with van der Waals surface area (Å²) in [5.74, 6) is -0.757. The first-order valence-corrected chi connectivity index (χ1v) is 5.30. The molecule has 94 valence electrons. The Morgan fingerprint density at radius 1 is 1.53 bits per heavy atom. The molecule has 1 heterocycles. The van der Waals surface area contributed by atoms with Gasteiger partial charge in [0.15, 0.2) is 0 Å². The predicted molar refractivity (Wildman–Crippen MR) is 60.7 cm³/mol. The van der Waals surface area contributed by atoms with E-state index in [1.807, 2.05) is 6.92 Å². The third-order valence-corrected chi connectivity index (χ3v) is 2.44. The molecule has 6 nitrogen and oxygen atoms in total. The minimum Gasteiger partial charge on any atom is -0.478 e. The van der Waals surface area contributed by atoms with Crippen molar-refractivity contribution in [3.8, 4) is 0 Å². The summed E-state index contributed by atoms with van der Waals surface area (Å²) < 4.78 is 5.03. The van der Waals surface area contributed by atoms with E-state index in [2.05, 4.69) is 5.32 Å². The molecule has 0 fully saturated rings. The molecule has 0 saturated heterocycles. The maximum absolute atomic E-state index is 11.4. The number of hydrogen-bond donors (Lipinski definition) is 2. The number of likely N-dealkylation sites (N-methyl/N-ethyl adjacent to an activating group) is 1. The van der Waals surface area contributed by atoms with Crippen molar-refractivity contribution in [3.63, 3.8) is 0 Å². The van der Waals surface area contributed by atoms with Crippen molar-refractivity contribution in [2.75, 3.05) is 20.1 Å². The lowest BCUT2D eigenvalue weighted by Gasteiger charge is -2.14. The Morgan fingerprint density at radius 2 is 2.24 bits per heavy atom. The van der Waals surface area contributed by atoms with E-state index < -0.39 is 5.97 Å². The van der Waals surface area contributed by atoms with Gasteiger partial charge in [-0.1, -0.05) is 0 Å². The van der Waals surface area contributed by atoms with Crippen LogP contribution in [-0.2, 0) is 11.3 Å². The normalized spacial score (nSPS) is 10.2. The smallest absolute Gasteiger partial charge is 0.339 e. The Morgan fingerprint density at radius 3 is 2.82 bits per heavy atom. The summed E-state index contributed by atoms with van der Waals surface area (Å²) in [4.78, 5) is 23.8. The average molecular weight is 240 g/mol. The summed E-state index contributed by atoms with van der Waals surface area (Å²) in [7, 11) is 1.71. The van der Waals surface area contributed by atoms with E-state index in [4.69, 9.17) is 9.52 Å². The zero-order chi connectivity index (χ0) is 12.8. The molecule has 1 rings (SSSR count). The topological polar surface area (TPSA) is 82.8 Å². The number of carboxylic acids is 1. The van der Waals surface area contributed by atoms with Gasteiger partial charge in [0, 0.05) is 13.6 Å². The summed E-state index contributed by atoms with van der Waals surface area (Å²) >= 11 is 0. The Bertz CT molecular complexity index is 400. The maximum atomic E-state index is 11.4. The number of amides is 1. The summed E-state index contributed by atoms with van der Waals surface area (Å²) in [5.41, 5.74) is 0.119. The van der Waals surface area contributed by atoms with Crippen LogP contribution >= 0.6 is 0 Å². The zero-order valence-electron chi connectivity index (χ0n) is 9.90. The van der Waals surface area contributed by atoms with Gasteiger partial charge < -0.3 is 19.7 Å². The Balaban J connectivity index is 2.43. The molecule has 17 heavy (non-hydrogen) atoms. The predicted octanol–water partition coefficient (Wildman–Crippen LogP) is 0.546. The standard InChI is InChI=1S/C11H16N2O4/c1-3-13(2)10(14)7-12-6-9-8(11(15)16)4-5-17-9/h4-5,12H,3,6-7H2,1-2H3,(H,15,16). The van der Waals surface area contributed by atoms with E-state index in [1.165, 1.54) is 12.3 Å². The molecule has 0 aromatic carbocycles. The van der Waals surface area contributed by atoms with Gasteiger partial charge in [-0.3, -0.25) is 4.79 Å². The van der Waals surface area contributed by atoms with Gasteiger partial charge in [0.1, 0.15) is 11.3 Å². The van der Waals surface area contributed by atoms with Crippen molar-refractivity contribution in [3.05, 3.63) is 23.7 Å². The van der Waals surface area contributed by atoms with E-state index in [-0.39, 0.29) is 24.6 Å². The van der Waals surface area contributed by atoms with E-state index >= 15 is 0 Å². The number of nitrogens with zero attached hydrogens (tertiary/aromatic N) is 1. The van der Waals surface area contributed by atoms with E-state index in [1.54, 1.807) is 11.9 Å². The van der Waals surface area contributed by atoms with Crippen LogP contribution in [0.1, 0.15) is 23.0 Å².